The molecule has 0 aromatic rings. The van der Waals surface area contributed by atoms with E-state index in [2.05, 4.69) is 16.3 Å². The molecule has 0 bridgehead atoms. The number of nitrogens with one attached hydrogen (secondary N) is 1. The van der Waals surface area contributed by atoms with Gasteiger partial charge in [-0.15, -0.1) is 0 Å². The van der Waals surface area contributed by atoms with E-state index in [0.29, 0.717) is 18.3 Å². The number of piperidine rings is 1. The Morgan fingerprint density at radius 3 is 2.04 bits per heavy atom. The van der Waals surface area contributed by atoms with Crippen LogP contribution in [0, 0.1) is 22.2 Å². The molecule has 3 aliphatic carbocycles. The van der Waals surface area contributed by atoms with Gasteiger partial charge in [-0.05, 0) is 63.2 Å². The number of likely N-dealkylation sites (tertiary alicyclic amines) is 1. The average molecular weight is 386 g/mol. The minimum absolute atomic E-state index is 0.0302. The maximum Gasteiger partial charge on any atom is 0.227 e. The van der Waals surface area contributed by atoms with E-state index in [1.807, 2.05) is 0 Å². The molecule has 154 valence electrons. The molecule has 4 fully saturated rings. The van der Waals surface area contributed by atoms with Crippen LogP contribution in [0.1, 0.15) is 96.3 Å². The molecule has 3 saturated carbocycles. The standard InChI is InChI=1S/C23H35N3O2/c24-18-23(12-13-23)25-20(28)22(9-2-1-3-10-22)11-6-19(27)26-16-14-21(15-17-26)7-4-5-8-21/h1-17H2,(H,25,28). The van der Waals surface area contributed by atoms with Crippen molar-refractivity contribution >= 4 is 11.8 Å². The van der Waals surface area contributed by atoms with Crippen LogP contribution in [0.3, 0.4) is 0 Å². The molecule has 1 spiro atoms. The maximum atomic E-state index is 13.1. The molecule has 0 aromatic carbocycles. The molecule has 2 amide bonds. The molecule has 1 heterocycles. The lowest BCUT2D eigenvalue weighted by atomic mass is 9.70. The van der Waals surface area contributed by atoms with Crippen molar-refractivity contribution in [3.05, 3.63) is 0 Å². The Morgan fingerprint density at radius 2 is 1.46 bits per heavy atom. The Morgan fingerprint density at radius 1 is 0.857 bits per heavy atom. The third kappa shape index (κ3) is 3.93. The van der Waals surface area contributed by atoms with Crippen LogP contribution in [0.2, 0.25) is 0 Å². The van der Waals surface area contributed by atoms with Crippen molar-refractivity contribution in [1.29, 1.82) is 5.26 Å². The highest BCUT2D eigenvalue weighted by atomic mass is 16.2. The zero-order valence-corrected chi connectivity index (χ0v) is 17.2. The predicted molar refractivity (Wildman–Crippen MR) is 107 cm³/mol. The van der Waals surface area contributed by atoms with Gasteiger partial charge in [0.15, 0.2) is 0 Å². The van der Waals surface area contributed by atoms with E-state index in [1.165, 1.54) is 32.1 Å². The van der Waals surface area contributed by atoms with Gasteiger partial charge in [-0.25, -0.2) is 0 Å². The fourth-order valence-electron chi connectivity index (χ4n) is 5.92. The Kier molecular flexibility index (Phi) is 5.42. The van der Waals surface area contributed by atoms with Crippen LogP contribution < -0.4 is 5.32 Å². The fraction of sp³-hybridized carbons (Fsp3) is 0.870. The van der Waals surface area contributed by atoms with Gasteiger partial charge in [0.1, 0.15) is 5.54 Å². The van der Waals surface area contributed by atoms with E-state index in [1.54, 1.807) is 0 Å². The van der Waals surface area contributed by atoms with Gasteiger partial charge in [-0.2, -0.15) is 5.26 Å². The molecule has 1 saturated heterocycles. The van der Waals surface area contributed by atoms with Gasteiger partial charge in [0.25, 0.3) is 0 Å². The van der Waals surface area contributed by atoms with Crippen LogP contribution >= 0.6 is 0 Å². The summed E-state index contributed by atoms with van der Waals surface area (Å²) in [6.07, 6.45) is 15.3. The largest absolute Gasteiger partial charge is 0.343 e. The lowest BCUT2D eigenvalue weighted by molar-refractivity contribution is -0.137. The molecule has 4 aliphatic rings. The van der Waals surface area contributed by atoms with Gasteiger partial charge >= 0.3 is 0 Å². The summed E-state index contributed by atoms with van der Waals surface area (Å²) in [5, 5.41) is 12.4. The van der Waals surface area contributed by atoms with Crippen molar-refractivity contribution in [2.24, 2.45) is 10.8 Å². The summed E-state index contributed by atoms with van der Waals surface area (Å²) in [6.45, 7) is 1.80. The average Bonchev–Trinajstić information content (AvgIpc) is 3.37. The fourth-order valence-corrected chi connectivity index (χ4v) is 5.92. The minimum Gasteiger partial charge on any atom is -0.343 e. The number of rotatable bonds is 5. The number of amides is 2. The molecular weight excluding hydrogens is 350 g/mol. The second-order valence-electron chi connectivity index (χ2n) is 10.1. The second kappa shape index (κ2) is 7.69. The number of nitriles is 1. The Hall–Kier alpha value is -1.57. The van der Waals surface area contributed by atoms with Gasteiger partial charge in [0, 0.05) is 24.9 Å². The number of hydrogen-bond acceptors (Lipinski definition) is 3. The Balaban J connectivity index is 1.33. The van der Waals surface area contributed by atoms with Crippen molar-refractivity contribution in [1.82, 2.24) is 10.2 Å². The third-order valence-corrected chi connectivity index (χ3v) is 8.27. The van der Waals surface area contributed by atoms with Crippen molar-refractivity contribution < 1.29 is 9.59 Å². The normalized spacial score (nSPS) is 27.2. The van der Waals surface area contributed by atoms with Crippen LogP contribution in [0.25, 0.3) is 0 Å². The number of hydrogen-bond donors (Lipinski definition) is 1. The molecule has 5 heteroatoms. The smallest absolute Gasteiger partial charge is 0.227 e. The first-order valence-electron chi connectivity index (χ1n) is 11.5. The quantitative estimate of drug-likeness (QED) is 0.775. The highest BCUT2D eigenvalue weighted by Gasteiger charge is 2.49. The van der Waals surface area contributed by atoms with Crippen LogP contribution in [0.5, 0.6) is 0 Å². The molecule has 4 rings (SSSR count). The molecule has 0 radical (unpaired) electrons. The monoisotopic (exact) mass is 385 g/mol. The lowest BCUT2D eigenvalue weighted by Crippen LogP contribution is -2.48. The number of nitrogens with zero attached hydrogens (tertiary/aromatic N) is 2. The van der Waals surface area contributed by atoms with Crippen LogP contribution in [0.4, 0.5) is 0 Å². The second-order valence-corrected chi connectivity index (χ2v) is 10.1. The van der Waals surface area contributed by atoms with Gasteiger partial charge in [-0.3, -0.25) is 9.59 Å². The molecule has 5 nitrogen and oxygen atoms in total. The SMILES string of the molecule is N#CC1(NC(=O)C2(CCC(=O)N3CCC4(CCCC4)CC3)CCCCC2)CC1. The molecule has 0 atom stereocenters. The van der Waals surface area contributed by atoms with Gasteiger partial charge in [0.2, 0.25) is 11.8 Å². The van der Waals surface area contributed by atoms with Crippen LogP contribution in [-0.2, 0) is 9.59 Å². The summed E-state index contributed by atoms with van der Waals surface area (Å²) in [6, 6.07) is 2.27. The first-order chi connectivity index (χ1) is 13.5. The lowest BCUT2D eigenvalue weighted by Gasteiger charge is -2.40. The van der Waals surface area contributed by atoms with Crippen LogP contribution in [-0.4, -0.2) is 35.3 Å². The zero-order chi connectivity index (χ0) is 19.7. The van der Waals surface area contributed by atoms with Gasteiger partial charge in [-0.1, -0.05) is 32.1 Å². The molecule has 0 unspecified atom stereocenters. The molecule has 28 heavy (non-hydrogen) atoms. The first-order valence-corrected chi connectivity index (χ1v) is 11.5. The topological polar surface area (TPSA) is 73.2 Å². The molecular formula is C23H35N3O2. The van der Waals surface area contributed by atoms with Crippen molar-refractivity contribution in [2.45, 2.75) is 102 Å². The van der Waals surface area contributed by atoms with E-state index in [-0.39, 0.29) is 11.8 Å². The van der Waals surface area contributed by atoms with E-state index < -0.39 is 11.0 Å². The van der Waals surface area contributed by atoms with E-state index in [0.717, 1.165) is 64.5 Å². The molecule has 0 aromatic heterocycles. The highest BCUT2D eigenvalue weighted by Crippen LogP contribution is 2.47. The summed E-state index contributed by atoms with van der Waals surface area (Å²) in [4.78, 5) is 28.1. The van der Waals surface area contributed by atoms with E-state index in [4.69, 9.17) is 0 Å². The third-order valence-electron chi connectivity index (χ3n) is 8.27. The number of carbonyl (C=O) groups is 2. The predicted octanol–water partition coefficient (Wildman–Crippen LogP) is 4.07. The maximum absolute atomic E-state index is 13.1. The van der Waals surface area contributed by atoms with Crippen molar-refractivity contribution in [3.8, 4) is 6.07 Å². The minimum atomic E-state index is -0.617. The van der Waals surface area contributed by atoms with E-state index in [9.17, 15) is 14.9 Å². The first kappa shape index (κ1) is 19.7. The summed E-state index contributed by atoms with van der Waals surface area (Å²) in [7, 11) is 0. The van der Waals surface area contributed by atoms with Gasteiger partial charge < -0.3 is 10.2 Å². The van der Waals surface area contributed by atoms with E-state index >= 15 is 0 Å². The summed E-state index contributed by atoms with van der Waals surface area (Å²) in [5.74, 6) is 0.259. The highest BCUT2D eigenvalue weighted by molar-refractivity contribution is 5.85. The van der Waals surface area contributed by atoms with Crippen LogP contribution in [0.15, 0.2) is 0 Å². The Bertz CT molecular complexity index is 639. The number of carbonyl (C=O) groups excluding carboxylic acids is 2. The Labute approximate surface area is 169 Å². The summed E-state index contributed by atoms with van der Waals surface area (Å²) < 4.78 is 0. The molecule has 1 N–H and O–H groups in total. The van der Waals surface area contributed by atoms with Gasteiger partial charge in [0.05, 0.1) is 6.07 Å². The van der Waals surface area contributed by atoms with Crippen molar-refractivity contribution in [3.63, 3.8) is 0 Å². The van der Waals surface area contributed by atoms with Crippen molar-refractivity contribution in [2.75, 3.05) is 13.1 Å². The zero-order valence-electron chi connectivity index (χ0n) is 17.2. The summed E-state index contributed by atoms with van der Waals surface area (Å²) >= 11 is 0. The molecule has 1 aliphatic heterocycles. The summed E-state index contributed by atoms with van der Waals surface area (Å²) in [5.41, 5.74) is -0.534.